The maximum atomic E-state index is 12.7. The Morgan fingerprint density at radius 2 is 2.14 bits per heavy atom. The van der Waals surface area contributed by atoms with Crippen molar-refractivity contribution < 1.29 is 4.39 Å². The molecule has 4 heteroatoms. The van der Waals surface area contributed by atoms with Crippen LogP contribution in [0.4, 0.5) is 4.39 Å². The maximum Gasteiger partial charge on any atom is 0.124 e. The first-order valence-corrected chi connectivity index (χ1v) is 6.38. The van der Waals surface area contributed by atoms with Crippen molar-refractivity contribution in [1.82, 2.24) is 0 Å². The minimum atomic E-state index is -0.287. The second-order valence-corrected chi connectivity index (χ2v) is 4.72. The lowest BCUT2D eigenvalue weighted by Gasteiger charge is -2.03. The molecule has 0 unspecified atom stereocenters. The Morgan fingerprint density at radius 1 is 1.36 bits per heavy atom. The fraction of sp³-hybridized carbons (Fsp3) is 0.400. The van der Waals surface area contributed by atoms with Gasteiger partial charge >= 0.3 is 0 Å². The smallest absolute Gasteiger partial charge is 0.124 e. The summed E-state index contributed by atoms with van der Waals surface area (Å²) in [6, 6.07) is 4.51. The molecule has 1 aromatic rings. The number of benzene rings is 1. The van der Waals surface area contributed by atoms with Gasteiger partial charge in [0, 0.05) is 16.7 Å². The van der Waals surface area contributed by atoms with Crippen LogP contribution in [0.1, 0.15) is 12.0 Å². The van der Waals surface area contributed by atoms with Crippen LogP contribution in [0.15, 0.2) is 18.2 Å². The van der Waals surface area contributed by atoms with E-state index in [1.54, 1.807) is 17.8 Å². The van der Waals surface area contributed by atoms with E-state index in [0.29, 0.717) is 10.9 Å². The number of alkyl halides is 1. The summed E-state index contributed by atoms with van der Waals surface area (Å²) in [6.07, 6.45) is 0.991. The van der Waals surface area contributed by atoms with E-state index >= 15 is 0 Å². The van der Waals surface area contributed by atoms with Gasteiger partial charge in [0.1, 0.15) is 5.82 Å². The van der Waals surface area contributed by atoms with E-state index in [9.17, 15) is 4.39 Å². The molecule has 0 saturated heterocycles. The lowest BCUT2D eigenvalue weighted by atomic mass is 10.2. The lowest BCUT2D eigenvalue weighted by Crippen LogP contribution is -1.87. The van der Waals surface area contributed by atoms with Crippen LogP contribution >= 0.6 is 35.0 Å². The third kappa shape index (κ3) is 4.07. The molecule has 78 valence electrons. The molecular weight excluding hydrogens is 242 g/mol. The van der Waals surface area contributed by atoms with Gasteiger partial charge in [-0.15, -0.1) is 11.6 Å². The summed E-state index contributed by atoms with van der Waals surface area (Å²) in [7, 11) is 0. The van der Waals surface area contributed by atoms with Crippen molar-refractivity contribution in [2.45, 2.75) is 12.2 Å². The molecule has 0 aliphatic rings. The molecule has 0 spiro atoms. The monoisotopic (exact) mass is 252 g/mol. The average molecular weight is 253 g/mol. The Bertz CT molecular complexity index is 291. The van der Waals surface area contributed by atoms with Crippen molar-refractivity contribution in [3.63, 3.8) is 0 Å². The molecule has 0 aliphatic carbocycles. The highest BCUT2D eigenvalue weighted by atomic mass is 35.5. The van der Waals surface area contributed by atoms with Gasteiger partial charge in [0.25, 0.3) is 0 Å². The SMILES string of the molecule is Fc1ccc(CSCCCCl)c(Cl)c1. The maximum absolute atomic E-state index is 12.7. The van der Waals surface area contributed by atoms with E-state index in [1.807, 2.05) is 0 Å². The molecular formula is C10H11Cl2FS. The van der Waals surface area contributed by atoms with Crippen molar-refractivity contribution in [3.8, 4) is 0 Å². The quantitative estimate of drug-likeness (QED) is 0.555. The Hall–Kier alpha value is 0.0800. The van der Waals surface area contributed by atoms with E-state index in [2.05, 4.69) is 0 Å². The van der Waals surface area contributed by atoms with Crippen molar-refractivity contribution in [2.75, 3.05) is 11.6 Å². The van der Waals surface area contributed by atoms with Crippen LogP contribution in [-0.4, -0.2) is 11.6 Å². The summed E-state index contributed by atoms with van der Waals surface area (Å²) in [4.78, 5) is 0. The van der Waals surface area contributed by atoms with Crippen LogP contribution in [0.2, 0.25) is 5.02 Å². The summed E-state index contributed by atoms with van der Waals surface area (Å²) in [5, 5.41) is 0.503. The molecule has 1 rings (SSSR count). The molecule has 0 aliphatic heterocycles. The van der Waals surface area contributed by atoms with E-state index in [-0.39, 0.29) is 5.82 Å². The minimum absolute atomic E-state index is 0.287. The summed E-state index contributed by atoms with van der Waals surface area (Å²) < 4.78 is 12.7. The van der Waals surface area contributed by atoms with Gasteiger partial charge < -0.3 is 0 Å². The van der Waals surface area contributed by atoms with Gasteiger partial charge in [-0.3, -0.25) is 0 Å². The molecule has 0 N–H and O–H groups in total. The molecule has 0 amide bonds. The second kappa shape index (κ2) is 6.54. The van der Waals surface area contributed by atoms with Gasteiger partial charge in [0.15, 0.2) is 0 Å². The third-order valence-corrected chi connectivity index (χ3v) is 3.41. The number of hydrogen-bond acceptors (Lipinski definition) is 1. The lowest BCUT2D eigenvalue weighted by molar-refractivity contribution is 0.627. The van der Waals surface area contributed by atoms with Crippen LogP contribution < -0.4 is 0 Å². The first kappa shape index (κ1) is 12.2. The highest BCUT2D eigenvalue weighted by molar-refractivity contribution is 7.98. The zero-order chi connectivity index (χ0) is 10.4. The Balaban J connectivity index is 2.42. The average Bonchev–Trinajstić information content (AvgIpc) is 2.15. The predicted octanol–water partition coefficient (Wildman–Crippen LogP) is 4.34. The molecule has 0 heterocycles. The second-order valence-electron chi connectivity index (χ2n) is 2.83. The fourth-order valence-electron chi connectivity index (χ4n) is 0.977. The Morgan fingerprint density at radius 3 is 2.79 bits per heavy atom. The summed E-state index contributed by atoms with van der Waals surface area (Å²) in [5.74, 6) is 2.22. The van der Waals surface area contributed by atoms with Gasteiger partial charge in [-0.05, 0) is 29.9 Å². The van der Waals surface area contributed by atoms with Gasteiger partial charge in [-0.25, -0.2) is 4.39 Å². The summed E-state index contributed by atoms with van der Waals surface area (Å²) in [5.41, 5.74) is 0.979. The van der Waals surface area contributed by atoms with Crippen LogP contribution in [0.25, 0.3) is 0 Å². The van der Waals surface area contributed by atoms with Crippen molar-refractivity contribution >= 4 is 35.0 Å². The summed E-state index contributed by atoms with van der Waals surface area (Å²) in [6.45, 7) is 0. The van der Waals surface area contributed by atoms with Crippen molar-refractivity contribution in [3.05, 3.63) is 34.6 Å². The molecule has 0 bridgehead atoms. The fourth-order valence-corrected chi connectivity index (χ4v) is 2.55. The number of thioether (sulfide) groups is 1. The number of halogens is 3. The predicted molar refractivity (Wildman–Crippen MR) is 62.9 cm³/mol. The van der Waals surface area contributed by atoms with E-state index in [0.717, 1.165) is 23.5 Å². The van der Waals surface area contributed by atoms with Crippen molar-refractivity contribution in [1.29, 1.82) is 0 Å². The van der Waals surface area contributed by atoms with Crippen molar-refractivity contribution in [2.24, 2.45) is 0 Å². The molecule has 0 fully saturated rings. The van der Waals surface area contributed by atoms with Crippen LogP contribution in [-0.2, 0) is 5.75 Å². The number of rotatable bonds is 5. The Kier molecular flexibility index (Phi) is 5.68. The molecule has 0 radical (unpaired) electrons. The van der Waals surface area contributed by atoms with Gasteiger partial charge in [0.05, 0.1) is 0 Å². The molecule has 0 saturated carbocycles. The zero-order valence-corrected chi connectivity index (χ0v) is 9.93. The minimum Gasteiger partial charge on any atom is -0.207 e. The van der Waals surface area contributed by atoms with Gasteiger partial charge in [-0.1, -0.05) is 17.7 Å². The molecule has 0 atom stereocenters. The van der Waals surface area contributed by atoms with E-state index in [1.165, 1.54) is 12.1 Å². The van der Waals surface area contributed by atoms with Crippen LogP contribution in [0.3, 0.4) is 0 Å². The van der Waals surface area contributed by atoms with Crippen LogP contribution in [0, 0.1) is 5.82 Å². The topological polar surface area (TPSA) is 0 Å². The highest BCUT2D eigenvalue weighted by Gasteiger charge is 2.01. The first-order valence-electron chi connectivity index (χ1n) is 4.31. The van der Waals surface area contributed by atoms with Gasteiger partial charge in [-0.2, -0.15) is 11.8 Å². The molecule has 0 aromatic heterocycles. The van der Waals surface area contributed by atoms with E-state index < -0.39 is 0 Å². The van der Waals surface area contributed by atoms with Crippen LogP contribution in [0.5, 0.6) is 0 Å². The molecule has 0 nitrogen and oxygen atoms in total. The third-order valence-electron chi connectivity index (χ3n) is 1.69. The standard InChI is InChI=1S/C10H11Cl2FS/c11-4-1-5-14-7-8-2-3-9(13)6-10(8)12/h2-3,6H,1,4-5,7H2. The number of hydrogen-bond donors (Lipinski definition) is 0. The molecule has 1 aromatic carbocycles. The largest absolute Gasteiger partial charge is 0.207 e. The summed E-state index contributed by atoms with van der Waals surface area (Å²) >= 11 is 13.2. The molecule has 14 heavy (non-hydrogen) atoms. The zero-order valence-electron chi connectivity index (χ0n) is 7.60. The normalized spacial score (nSPS) is 10.5. The van der Waals surface area contributed by atoms with E-state index in [4.69, 9.17) is 23.2 Å². The van der Waals surface area contributed by atoms with Gasteiger partial charge in [0.2, 0.25) is 0 Å². The first-order chi connectivity index (χ1) is 6.74. The highest BCUT2D eigenvalue weighted by Crippen LogP contribution is 2.22. The Labute approximate surface area is 97.8 Å².